The van der Waals surface area contributed by atoms with Crippen molar-refractivity contribution in [1.82, 2.24) is 0 Å². The Bertz CT molecular complexity index is 927. The number of esters is 2. The Hall–Kier alpha value is -3.42. The number of rotatable bonds is 7. The van der Waals surface area contributed by atoms with Crippen LogP contribution in [-0.4, -0.2) is 36.8 Å². The fraction of sp³-hybridized carbons (Fsp3) is 0.300. The van der Waals surface area contributed by atoms with E-state index in [4.69, 9.17) is 13.9 Å². The molecule has 28 heavy (non-hydrogen) atoms. The van der Waals surface area contributed by atoms with Crippen molar-refractivity contribution in [3.63, 3.8) is 0 Å². The number of carbonyl (C=O) groups excluding carboxylic acids is 4. The average Bonchev–Trinajstić information content (AvgIpc) is 2.96. The molecule has 148 valence electrons. The van der Waals surface area contributed by atoms with Gasteiger partial charge in [-0.05, 0) is 39.3 Å². The summed E-state index contributed by atoms with van der Waals surface area (Å²) in [4.78, 5) is 48.3. The Labute approximate surface area is 161 Å². The third kappa shape index (κ3) is 4.64. The number of hydrogen-bond donors (Lipinski definition) is 1. The number of amides is 1. The Balaban J connectivity index is 2.14. The van der Waals surface area contributed by atoms with Crippen molar-refractivity contribution in [3.05, 3.63) is 52.3 Å². The second kappa shape index (κ2) is 8.98. The maximum absolute atomic E-state index is 12.2. The van der Waals surface area contributed by atoms with Gasteiger partial charge in [-0.15, -0.1) is 0 Å². The molecule has 1 heterocycles. The van der Waals surface area contributed by atoms with Gasteiger partial charge in [-0.2, -0.15) is 0 Å². The summed E-state index contributed by atoms with van der Waals surface area (Å²) in [5.41, 5.74) is 0.927. The fourth-order valence-electron chi connectivity index (χ4n) is 2.63. The van der Waals surface area contributed by atoms with E-state index >= 15 is 0 Å². The van der Waals surface area contributed by atoms with Gasteiger partial charge in [-0.3, -0.25) is 14.9 Å². The number of furan rings is 1. The Kier molecular flexibility index (Phi) is 6.70. The first-order chi connectivity index (χ1) is 13.3. The van der Waals surface area contributed by atoms with Gasteiger partial charge < -0.3 is 13.9 Å². The molecule has 0 aliphatic carbocycles. The van der Waals surface area contributed by atoms with Crippen LogP contribution in [0.5, 0.6) is 0 Å². The van der Waals surface area contributed by atoms with E-state index in [9.17, 15) is 19.2 Å². The average molecular weight is 387 g/mol. The first-order valence-corrected chi connectivity index (χ1v) is 8.60. The summed E-state index contributed by atoms with van der Waals surface area (Å²) in [6.45, 7) is 5.62. The van der Waals surface area contributed by atoms with Crippen LogP contribution >= 0.6 is 0 Å². The largest absolute Gasteiger partial charge is 0.462 e. The highest BCUT2D eigenvalue weighted by molar-refractivity contribution is 6.10. The topological polar surface area (TPSA) is 112 Å². The van der Waals surface area contributed by atoms with E-state index in [0.717, 1.165) is 0 Å². The van der Waals surface area contributed by atoms with E-state index in [1.165, 1.54) is 13.8 Å². The smallest absolute Gasteiger partial charge is 0.344 e. The third-order valence-corrected chi connectivity index (χ3v) is 3.87. The van der Waals surface area contributed by atoms with Crippen LogP contribution in [0, 0.1) is 13.8 Å². The Morgan fingerprint density at radius 3 is 2.29 bits per heavy atom. The predicted molar refractivity (Wildman–Crippen MR) is 99.5 cm³/mol. The molecule has 0 unspecified atom stereocenters. The molecule has 8 heteroatoms. The van der Waals surface area contributed by atoms with E-state index in [-0.39, 0.29) is 29.4 Å². The maximum atomic E-state index is 12.2. The Morgan fingerprint density at radius 1 is 1.00 bits per heavy atom. The SMILES string of the molecule is CCOC(=O)c1c(NC(=O)COC(=O)c2ccccc2C)oc(C)c1C(C)=O. The number of Topliss-reactive ketones (excluding diaryl/α,β-unsaturated/α-hetero) is 1. The summed E-state index contributed by atoms with van der Waals surface area (Å²) < 4.78 is 15.3. The molecule has 0 saturated heterocycles. The molecule has 0 spiro atoms. The van der Waals surface area contributed by atoms with E-state index in [0.29, 0.717) is 11.1 Å². The fourth-order valence-corrected chi connectivity index (χ4v) is 2.63. The van der Waals surface area contributed by atoms with Gasteiger partial charge in [0.1, 0.15) is 11.3 Å². The molecule has 0 fully saturated rings. The number of aryl methyl sites for hydroxylation is 2. The van der Waals surface area contributed by atoms with E-state index in [2.05, 4.69) is 5.32 Å². The molecule has 2 aromatic rings. The molecule has 1 aromatic heterocycles. The highest BCUT2D eigenvalue weighted by Gasteiger charge is 2.29. The molecule has 0 radical (unpaired) electrons. The highest BCUT2D eigenvalue weighted by Crippen LogP contribution is 2.28. The van der Waals surface area contributed by atoms with Crippen LogP contribution in [0.25, 0.3) is 0 Å². The monoisotopic (exact) mass is 387 g/mol. The van der Waals surface area contributed by atoms with Gasteiger partial charge in [0.15, 0.2) is 12.4 Å². The first-order valence-electron chi connectivity index (χ1n) is 8.60. The van der Waals surface area contributed by atoms with Crippen LogP contribution in [0.4, 0.5) is 5.88 Å². The number of carbonyl (C=O) groups is 4. The summed E-state index contributed by atoms with van der Waals surface area (Å²) in [6, 6.07) is 6.80. The molecule has 0 aliphatic heterocycles. The van der Waals surface area contributed by atoms with Gasteiger partial charge in [-0.25, -0.2) is 9.59 Å². The Morgan fingerprint density at radius 2 is 1.68 bits per heavy atom. The van der Waals surface area contributed by atoms with Gasteiger partial charge in [-0.1, -0.05) is 18.2 Å². The van der Waals surface area contributed by atoms with Crippen molar-refractivity contribution < 1.29 is 33.1 Å². The van der Waals surface area contributed by atoms with Crippen LogP contribution < -0.4 is 5.32 Å². The van der Waals surface area contributed by atoms with Crippen LogP contribution in [-0.2, 0) is 14.3 Å². The number of hydrogen-bond acceptors (Lipinski definition) is 7. The van der Waals surface area contributed by atoms with Crippen LogP contribution in [0.1, 0.15) is 56.2 Å². The lowest BCUT2D eigenvalue weighted by molar-refractivity contribution is -0.119. The lowest BCUT2D eigenvalue weighted by Gasteiger charge is -2.08. The highest BCUT2D eigenvalue weighted by atomic mass is 16.5. The summed E-state index contributed by atoms with van der Waals surface area (Å²) in [7, 11) is 0. The summed E-state index contributed by atoms with van der Waals surface area (Å²) in [5.74, 6) is -2.64. The lowest BCUT2D eigenvalue weighted by Crippen LogP contribution is -2.22. The molecule has 0 bridgehead atoms. The number of benzene rings is 1. The van der Waals surface area contributed by atoms with Gasteiger partial charge in [0, 0.05) is 0 Å². The first kappa shape index (κ1) is 20.9. The standard InChI is InChI=1S/C20H21NO7/c1-5-26-20(25)17-16(12(3)22)13(4)28-18(17)21-15(23)10-27-19(24)14-9-7-6-8-11(14)2/h6-9H,5,10H2,1-4H3,(H,21,23). The number of nitrogens with one attached hydrogen (secondary N) is 1. The van der Waals surface area contributed by atoms with Crippen LogP contribution in [0.2, 0.25) is 0 Å². The van der Waals surface area contributed by atoms with Crippen LogP contribution in [0.15, 0.2) is 28.7 Å². The van der Waals surface area contributed by atoms with Crippen molar-refractivity contribution in [2.75, 3.05) is 18.5 Å². The zero-order valence-electron chi connectivity index (χ0n) is 16.1. The van der Waals surface area contributed by atoms with Gasteiger partial charge >= 0.3 is 11.9 Å². The van der Waals surface area contributed by atoms with Crippen molar-refractivity contribution in [2.24, 2.45) is 0 Å². The summed E-state index contributed by atoms with van der Waals surface area (Å²) >= 11 is 0. The van der Waals surface area contributed by atoms with Gasteiger partial charge in [0.2, 0.25) is 5.88 Å². The molecule has 0 atom stereocenters. The van der Waals surface area contributed by atoms with Crippen molar-refractivity contribution >= 4 is 29.5 Å². The quantitative estimate of drug-likeness (QED) is 0.574. The molecular formula is C20H21NO7. The van der Waals surface area contributed by atoms with E-state index in [1.54, 1.807) is 38.1 Å². The molecule has 1 amide bonds. The molecule has 2 rings (SSSR count). The minimum atomic E-state index is -0.795. The second-order valence-electron chi connectivity index (χ2n) is 5.95. The predicted octanol–water partition coefficient (Wildman–Crippen LogP) is 3.07. The number of ether oxygens (including phenoxy) is 2. The van der Waals surface area contributed by atoms with Gasteiger partial charge in [0.25, 0.3) is 5.91 Å². The van der Waals surface area contributed by atoms with Crippen molar-refractivity contribution in [3.8, 4) is 0 Å². The van der Waals surface area contributed by atoms with Crippen LogP contribution in [0.3, 0.4) is 0 Å². The maximum Gasteiger partial charge on any atom is 0.344 e. The van der Waals surface area contributed by atoms with Gasteiger partial charge in [0.05, 0.1) is 17.7 Å². The zero-order valence-corrected chi connectivity index (χ0v) is 16.1. The summed E-state index contributed by atoms with van der Waals surface area (Å²) in [5, 5.41) is 2.35. The zero-order chi connectivity index (χ0) is 20.8. The van der Waals surface area contributed by atoms with Crippen molar-refractivity contribution in [2.45, 2.75) is 27.7 Å². The minimum Gasteiger partial charge on any atom is -0.462 e. The van der Waals surface area contributed by atoms with Crippen molar-refractivity contribution in [1.29, 1.82) is 0 Å². The summed E-state index contributed by atoms with van der Waals surface area (Å²) in [6.07, 6.45) is 0. The molecule has 8 nitrogen and oxygen atoms in total. The minimum absolute atomic E-state index is 0.0330. The normalized spacial score (nSPS) is 10.3. The molecule has 1 aromatic carbocycles. The second-order valence-corrected chi connectivity index (χ2v) is 5.95. The van der Waals surface area contributed by atoms with E-state index in [1.807, 2.05) is 0 Å². The molecule has 1 N–H and O–H groups in total. The number of ketones is 1. The lowest BCUT2D eigenvalue weighted by atomic mass is 10.1. The molecule has 0 aliphatic rings. The third-order valence-electron chi connectivity index (χ3n) is 3.87. The van der Waals surface area contributed by atoms with E-state index < -0.39 is 30.2 Å². The molecule has 0 saturated carbocycles. The number of anilines is 1. The molecular weight excluding hydrogens is 366 g/mol.